The second-order valence-corrected chi connectivity index (χ2v) is 8.00. The van der Waals surface area contributed by atoms with Crippen LogP contribution in [-0.4, -0.2) is 24.1 Å². The van der Waals surface area contributed by atoms with Crippen LogP contribution in [0.2, 0.25) is 0 Å². The number of terminal acetylenes is 1. The number of anilines is 1. The highest BCUT2D eigenvalue weighted by molar-refractivity contribution is 7.24. The maximum Gasteiger partial charge on any atom is 0.127 e. The van der Waals surface area contributed by atoms with Crippen molar-refractivity contribution in [1.29, 1.82) is 0 Å². The quantitative estimate of drug-likeness (QED) is 0.631. The van der Waals surface area contributed by atoms with Crippen molar-refractivity contribution in [2.24, 2.45) is 5.73 Å². The summed E-state index contributed by atoms with van der Waals surface area (Å²) >= 11 is 4.88. The van der Waals surface area contributed by atoms with E-state index in [1.54, 1.807) is 29.8 Å². The molecule has 23 heavy (non-hydrogen) atoms. The van der Waals surface area contributed by atoms with E-state index in [1.165, 1.54) is 16.4 Å². The molecule has 3 aromatic heterocycles. The molecule has 0 fully saturated rings. The Morgan fingerprint density at radius 2 is 2.39 bits per heavy atom. The van der Waals surface area contributed by atoms with Gasteiger partial charge >= 0.3 is 0 Å². The second-order valence-electron chi connectivity index (χ2n) is 5.09. The number of hydrogen-bond acceptors (Lipinski definition) is 7. The first-order valence-electron chi connectivity index (χ1n) is 7.11. The summed E-state index contributed by atoms with van der Waals surface area (Å²) in [6.45, 7) is 1.32. The Morgan fingerprint density at radius 1 is 1.52 bits per heavy atom. The third kappa shape index (κ3) is 3.57. The number of aromatic nitrogens is 1. The molecule has 0 spiro atoms. The van der Waals surface area contributed by atoms with Gasteiger partial charge in [0.1, 0.15) is 10.5 Å². The van der Waals surface area contributed by atoms with Crippen LogP contribution in [0.1, 0.15) is 15.3 Å². The minimum Gasteiger partial charge on any atom is -0.383 e. The maximum absolute atomic E-state index is 6.07. The first-order valence-corrected chi connectivity index (χ1v) is 9.58. The lowest BCUT2D eigenvalue weighted by atomic mass is 10.1. The summed E-state index contributed by atoms with van der Waals surface area (Å²) in [6, 6.07) is 4.12. The van der Waals surface area contributed by atoms with E-state index in [9.17, 15) is 0 Å². The zero-order chi connectivity index (χ0) is 16.2. The van der Waals surface area contributed by atoms with E-state index in [0.29, 0.717) is 13.0 Å². The summed E-state index contributed by atoms with van der Waals surface area (Å²) in [6.07, 6.45) is 6.41. The first kappa shape index (κ1) is 16.4. The standard InChI is InChI=1S/C16H17N3OS3/c1-3-12-13(7-10(17)9-20-2)22-15-14(12)19-23-16(15)18-8-11-5-4-6-21-11/h1,4-6,10,18H,7-9,17H2,2H3/t10-/m1/s1. The van der Waals surface area contributed by atoms with Gasteiger partial charge in [-0.25, -0.2) is 0 Å². The molecule has 0 aliphatic heterocycles. The highest BCUT2D eigenvalue weighted by Gasteiger charge is 2.19. The molecule has 7 heteroatoms. The molecule has 3 rings (SSSR count). The third-order valence-corrected chi connectivity index (χ3v) is 6.40. The van der Waals surface area contributed by atoms with Gasteiger partial charge in [0.15, 0.2) is 0 Å². The Bertz CT molecular complexity index is 814. The predicted octanol–water partition coefficient (Wildman–Crippen LogP) is 3.53. The van der Waals surface area contributed by atoms with E-state index in [4.69, 9.17) is 16.9 Å². The zero-order valence-electron chi connectivity index (χ0n) is 12.7. The molecule has 1 atom stereocenters. The van der Waals surface area contributed by atoms with Crippen LogP contribution < -0.4 is 11.1 Å². The van der Waals surface area contributed by atoms with Gasteiger partial charge in [-0.05, 0) is 23.0 Å². The molecule has 3 N–H and O–H groups in total. The van der Waals surface area contributed by atoms with Gasteiger partial charge in [0.05, 0.1) is 23.4 Å². The van der Waals surface area contributed by atoms with Crippen molar-refractivity contribution in [2.45, 2.75) is 19.0 Å². The first-order chi connectivity index (χ1) is 11.2. The van der Waals surface area contributed by atoms with E-state index in [-0.39, 0.29) is 6.04 Å². The van der Waals surface area contributed by atoms with Crippen LogP contribution in [0.25, 0.3) is 10.2 Å². The van der Waals surface area contributed by atoms with Crippen molar-refractivity contribution in [2.75, 3.05) is 19.0 Å². The van der Waals surface area contributed by atoms with Gasteiger partial charge < -0.3 is 15.8 Å². The average molecular weight is 364 g/mol. The van der Waals surface area contributed by atoms with Crippen LogP contribution in [0.15, 0.2) is 17.5 Å². The van der Waals surface area contributed by atoms with Crippen LogP contribution in [0.4, 0.5) is 5.00 Å². The Kier molecular flexibility index (Phi) is 5.30. The van der Waals surface area contributed by atoms with Crippen molar-refractivity contribution in [1.82, 2.24) is 4.37 Å². The zero-order valence-corrected chi connectivity index (χ0v) is 15.1. The van der Waals surface area contributed by atoms with Crippen molar-refractivity contribution in [3.05, 3.63) is 32.8 Å². The number of thiophene rings is 2. The topological polar surface area (TPSA) is 60.2 Å². The predicted molar refractivity (Wildman–Crippen MR) is 101 cm³/mol. The number of hydrogen-bond donors (Lipinski definition) is 2. The van der Waals surface area contributed by atoms with Gasteiger partial charge in [-0.2, -0.15) is 4.37 Å². The maximum atomic E-state index is 6.07. The molecule has 120 valence electrons. The normalized spacial score (nSPS) is 12.4. The number of nitrogens with two attached hydrogens (primary N) is 1. The van der Waals surface area contributed by atoms with E-state index < -0.39 is 0 Å². The van der Waals surface area contributed by atoms with Gasteiger partial charge in [-0.3, -0.25) is 0 Å². The van der Waals surface area contributed by atoms with Crippen LogP contribution in [0, 0.1) is 12.3 Å². The molecule has 0 aromatic carbocycles. The molecular formula is C16H17N3OS3. The minimum absolute atomic E-state index is 0.0546. The summed E-state index contributed by atoms with van der Waals surface area (Å²) in [5.41, 5.74) is 7.86. The number of methoxy groups -OCH3 is 1. The summed E-state index contributed by atoms with van der Waals surface area (Å²) < 4.78 is 10.8. The Morgan fingerprint density at radius 3 is 3.09 bits per heavy atom. The fourth-order valence-electron chi connectivity index (χ4n) is 2.34. The average Bonchev–Trinajstić information content (AvgIpc) is 3.22. The Labute approximate surface area is 147 Å². The minimum atomic E-state index is -0.0546. The molecule has 3 aromatic rings. The largest absolute Gasteiger partial charge is 0.383 e. The van der Waals surface area contributed by atoms with E-state index in [0.717, 1.165) is 32.2 Å². The number of ether oxygens (including phenoxy) is 1. The summed E-state index contributed by atoms with van der Waals surface area (Å²) in [4.78, 5) is 2.41. The second kappa shape index (κ2) is 7.43. The molecule has 3 heterocycles. The van der Waals surface area contributed by atoms with Crippen molar-refractivity contribution >= 4 is 49.4 Å². The molecule has 0 radical (unpaired) electrons. The van der Waals surface area contributed by atoms with Crippen LogP contribution >= 0.6 is 34.2 Å². The van der Waals surface area contributed by atoms with Crippen LogP contribution in [0.5, 0.6) is 0 Å². The SMILES string of the molecule is C#Cc1c(C[C@@H](N)COC)sc2c(NCc3cccs3)snc12. The molecule has 0 aliphatic carbocycles. The lowest BCUT2D eigenvalue weighted by Crippen LogP contribution is -2.27. The molecule has 0 unspecified atom stereocenters. The highest BCUT2D eigenvalue weighted by atomic mass is 32.1. The number of nitrogens with one attached hydrogen (secondary N) is 1. The van der Waals surface area contributed by atoms with Crippen molar-refractivity contribution in [3.63, 3.8) is 0 Å². The van der Waals surface area contributed by atoms with Crippen LogP contribution in [-0.2, 0) is 17.7 Å². The lowest BCUT2D eigenvalue weighted by molar-refractivity contribution is 0.180. The van der Waals surface area contributed by atoms with Crippen molar-refractivity contribution in [3.8, 4) is 12.3 Å². The van der Waals surface area contributed by atoms with E-state index in [1.807, 2.05) is 0 Å². The van der Waals surface area contributed by atoms with Gasteiger partial charge in [-0.15, -0.1) is 29.1 Å². The smallest absolute Gasteiger partial charge is 0.127 e. The van der Waals surface area contributed by atoms with Crippen molar-refractivity contribution < 1.29 is 4.74 Å². The third-order valence-electron chi connectivity index (χ3n) is 3.37. The monoisotopic (exact) mass is 363 g/mol. The summed E-state index contributed by atoms with van der Waals surface area (Å²) in [5.74, 6) is 2.78. The fraction of sp³-hybridized carbons (Fsp3) is 0.312. The molecule has 0 bridgehead atoms. The molecular weight excluding hydrogens is 346 g/mol. The van der Waals surface area contributed by atoms with E-state index in [2.05, 4.69) is 33.1 Å². The summed E-state index contributed by atoms with van der Waals surface area (Å²) in [5, 5.41) is 6.62. The number of rotatable bonds is 7. The molecule has 4 nitrogen and oxygen atoms in total. The number of fused-ring (bicyclic) bond motifs is 1. The molecule has 0 saturated heterocycles. The van der Waals surface area contributed by atoms with E-state index >= 15 is 0 Å². The van der Waals surface area contributed by atoms with Gasteiger partial charge in [0.2, 0.25) is 0 Å². The van der Waals surface area contributed by atoms with Crippen LogP contribution in [0.3, 0.4) is 0 Å². The Balaban J connectivity index is 1.84. The number of nitrogens with zero attached hydrogens (tertiary/aromatic N) is 1. The molecule has 0 amide bonds. The molecule has 0 saturated carbocycles. The highest BCUT2D eigenvalue weighted by Crippen LogP contribution is 2.39. The lowest BCUT2D eigenvalue weighted by Gasteiger charge is -2.08. The molecule has 0 aliphatic rings. The van der Waals surface area contributed by atoms with Gasteiger partial charge in [-0.1, -0.05) is 12.0 Å². The van der Waals surface area contributed by atoms with Gasteiger partial charge in [0.25, 0.3) is 0 Å². The summed E-state index contributed by atoms with van der Waals surface area (Å²) in [7, 11) is 1.66. The van der Waals surface area contributed by atoms with Gasteiger partial charge in [0, 0.05) is 29.3 Å². The fourth-order valence-corrected chi connectivity index (χ4v) is 5.17. The Hall–Kier alpha value is -1.43.